The van der Waals surface area contributed by atoms with E-state index < -0.39 is 0 Å². The maximum Gasteiger partial charge on any atom is 0.231 e. The zero-order chi connectivity index (χ0) is 11.5. The lowest BCUT2D eigenvalue weighted by atomic mass is 10.1. The van der Waals surface area contributed by atoms with Crippen molar-refractivity contribution in [1.29, 1.82) is 0 Å². The molecule has 84 valence electrons. The number of rotatable bonds is 3. The van der Waals surface area contributed by atoms with E-state index in [9.17, 15) is 0 Å². The van der Waals surface area contributed by atoms with Gasteiger partial charge in [0.25, 0.3) is 0 Å². The normalized spacial score (nSPS) is 14.7. The first-order valence-corrected chi connectivity index (χ1v) is 5.18. The van der Waals surface area contributed by atoms with E-state index in [2.05, 4.69) is 15.1 Å². The molecule has 0 fully saturated rings. The number of aromatic nitrogens is 3. The van der Waals surface area contributed by atoms with E-state index in [1.165, 1.54) is 0 Å². The molecule has 0 aliphatic heterocycles. The first-order valence-electron chi connectivity index (χ1n) is 5.18. The average Bonchev–Trinajstić information content (AvgIpc) is 2.78. The van der Waals surface area contributed by atoms with Crippen LogP contribution in [-0.4, -0.2) is 21.2 Å². The smallest absolute Gasteiger partial charge is 0.231 e. The van der Waals surface area contributed by atoms with Crippen LogP contribution in [0.2, 0.25) is 0 Å². The van der Waals surface area contributed by atoms with Crippen molar-refractivity contribution < 1.29 is 4.52 Å². The summed E-state index contributed by atoms with van der Waals surface area (Å²) >= 11 is 0. The molecule has 2 unspecified atom stereocenters. The van der Waals surface area contributed by atoms with E-state index >= 15 is 0 Å². The largest absolute Gasteiger partial charge is 0.339 e. The minimum absolute atomic E-state index is 0.00857. The monoisotopic (exact) mass is 218 g/mol. The van der Waals surface area contributed by atoms with E-state index in [1.54, 1.807) is 12.4 Å². The Labute approximate surface area is 93.7 Å². The van der Waals surface area contributed by atoms with Crippen molar-refractivity contribution in [1.82, 2.24) is 15.1 Å². The summed E-state index contributed by atoms with van der Waals surface area (Å²) in [6.07, 6.45) is 3.39. The van der Waals surface area contributed by atoms with Crippen LogP contribution in [0.5, 0.6) is 0 Å². The highest BCUT2D eigenvalue weighted by atomic mass is 16.5. The van der Waals surface area contributed by atoms with Crippen molar-refractivity contribution in [2.24, 2.45) is 5.73 Å². The molecule has 0 bridgehead atoms. The highest BCUT2D eigenvalue weighted by molar-refractivity contribution is 5.52. The highest BCUT2D eigenvalue weighted by Gasteiger charge is 2.18. The summed E-state index contributed by atoms with van der Waals surface area (Å²) in [7, 11) is 0. The van der Waals surface area contributed by atoms with Crippen molar-refractivity contribution in [2.75, 3.05) is 0 Å². The molecule has 16 heavy (non-hydrogen) atoms. The van der Waals surface area contributed by atoms with Crippen LogP contribution in [-0.2, 0) is 0 Å². The molecule has 0 aliphatic rings. The molecular formula is C11H14N4O. The molecule has 0 radical (unpaired) electrons. The summed E-state index contributed by atoms with van der Waals surface area (Å²) in [6, 6.07) is 3.67. The van der Waals surface area contributed by atoms with Gasteiger partial charge >= 0.3 is 0 Å². The molecule has 0 aliphatic carbocycles. The van der Waals surface area contributed by atoms with Crippen LogP contribution in [0.15, 0.2) is 29.0 Å². The molecule has 0 saturated heterocycles. The Bertz CT molecular complexity index is 452. The Balaban J connectivity index is 2.27. The molecule has 5 heteroatoms. The summed E-state index contributed by atoms with van der Waals surface area (Å²) in [5.41, 5.74) is 6.67. The predicted octanol–water partition coefficient (Wildman–Crippen LogP) is 1.58. The SMILES string of the molecule is CC(N)C(C)c1nc(-c2ccncc2)no1. The van der Waals surface area contributed by atoms with E-state index in [4.69, 9.17) is 10.3 Å². The topological polar surface area (TPSA) is 77.8 Å². The third-order valence-electron chi connectivity index (χ3n) is 2.56. The van der Waals surface area contributed by atoms with Gasteiger partial charge in [-0.3, -0.25) is 4.98 Å². The Morgan fingerprint density at radius 1 is 1.25 bits per heavy atom. The third kappa shape index (κ3) is 2.09. The van der Waals surface area contributed by atoms with Gasteiger partial charge in [-0.25, -0.2) is 0 Å². The van der Waals surface area contributed by atoms with Gasteiger partial charge in [-0.05, 0) is 19.1 Å². The maximum absolute atomic E-state index is 5.78. The van der Waals surface area contributed by atoms with Gasteiger partial charge in [0.1, 0.15) is 0 Å². The molecule has 0 aromatic carbocycles. The Kier molecular flexibility index (Phi) is 2.96. The lowest BCUT2D eigenvalue weighted by Gasteiger charge is -2.09. The molecule has 0 amide bonds. The van der Waals surface area contributed by atoms with Crippen LogP contribution in [0.4, 0.5) is 0 Å². The molecule has 2 aromatic heterocycles. The van der Waals surface area contributed by atoms with Gasteiger partial charge in [0.15, 0.2) is 0 Å². The van der Waals surface area contributed by atoms with Crippen LogP contribution in [0.1, 0.15) is 25.7 Å². The first-order chi connectivity index (χ1) is 7.68. The van der Waals surface area contributed by atoms with E-state index in [-0.39, 0.29) is 12.0 Å². The van der Waals surface area contributed by atoms with Crippen LogP contribution >= 0.6 is 0 Å². The van der Waals surface area contributed by atoms with Crippen molar-refractivity contribution in [2.45, 2.75) is 25.8 Å². The van der Waals surface area contributed by atoms with Gasteiger partial charge < -0.3 is 10.3 Å². The Morgan fingerprint density at radius 2 is 1.94 bits per heavy atom. The minimum Gasteiger partial charge on any atom is -0.339 e. The summed E-state index contributed by atoms with van der Waals surface area (Å²) in [6.45, 7) is 3.88. The van der Waals surface area contributed by atoms with Crippen LogP contribution in [0, 0.1) is 0 Å². The first kappa shape index (κ1) is 10.8. The maximum atomic E-state index is 5.78. The van der Waals surface area contributed by atoms with Gasteiger partial charge in [-0.2, -0.15) is 4.98 Å². The van der Waals surface area contributed by atoms with E-state index in [0.717, 1.165) is 5.56 Å². The predicted molar refractivity (Wildman–Crippen MR) is 59.6 cm³/mol. The molecule has 0 spiro atoms. The Hall–Kier alpha value is -1.75. The quantitative estimate of drug-likeness (QED) is 0.846. The molecule has 2 aromatic rings. The average molecular weight is 218 g/mol. The molecule has 5 nitrogen and oxygen atoms in total. The molecule has 2 rings (SSSR count). The van der Waals surface area contributed by atoms with Gasteiger partial charge in [-0.15, -0.1) is 0 Å². The fraction of sp³-hybridized carbons (Fsp3) is 0.364. The van der Waals surface area contributed by atoms with Crippen LogP contribution < -0.4 is 5.73 Å². The minimum atomic E-state index is -0.00857. The van der Waals surface area contributed by atoms with Crippen molar-refractivity contribution in [3.8, 4) is 11.4 Å². The molecule has 2 heterocycles. The van der Waals surface area contributed by atoms with Crippen LogP contribution in [0.3, 0.4) is 0 Å². The number of pyridine rings is 1. The number of nitrogens with zero attached hydrogens (tertiary/aromatic N) is 3. The Morgan fingerprint density at radius 3 is 2.56 bits per heavy atom. The standard InChI is InChI=1S/C11H14N4O/c1-7(8(2)12)11-14-10(15-16-11)9-3-5-13-6-4-9/h3-8H,12H2,1-2H3. The number of hydrogen-bond donors (Lipinski definition) is 1. The van der Waals surface area contributed by atoms with Gasteiger partial charge in [-0.1, -0.05) is 12.1 Å². The third-order valence-corrected chi connectivity index (χ3v) is 2.56. The van der Waals surface area contributed by atoms with E-state index in [1.807, 2.05) is 26.0 Å². The van der Waals surface area contributed by atoms with Gasteiger partial charge in [0, 0.05) is 24.0 Å². The lowest BCUT2D eigenvalue weighted by Crippen LogP contribution is -2.22. The van der Waals surface area contributed by atoms with Gasteiger partial charge in [0.2, 0.25) is 11.7 Å². The molecule has 0 saturated carbocycles. The fourth-order valence-electron chi connectivity index (χ4n) is 1.26. The van der Waals surface area contributed by atoms with Gasteiger partial charge in [0.05, 0.1) is 5.92 Å². The zero-order valence-electron chi connectivity index (χ0n) is 9.29. The lowest BCUT2D eigenvalue weighted by molar-refractivity contribution is 0.347. The summed E-state index contributed by atoms with van der Waals surface area (Å²) in [5.74, 6) is 1.20. The molecular weight excluding hydrogens is 204 g/mol. The van der Waals surface area contributed by atoms with Crippen molar-refractivity contribution >= 4 is 0 Å². The van der Waals surface area contributed by atoms with Crippen molar-refractivity contribution in [3.05, 3.63) is 30.4 Å². The summed E-state index contributed by atoms with van der Waals surface area (Å²) in [5, 5.41) is 3.92. The van der Waals surface area contributed by atoms with Crippen LogP contribution in [0.25, 0.3) is 11.4 Å². The van der Waals surface area contributed by atoms with Crippen molar-refractivity contribution in [3.63, 3.8) is 0 Å². The number of hydrogen-bond acceptors (Lipinski definition) is 5. The summed E-state index contributed by atoms with van der Waals surface area (Å²) in [4.78, 5) is 8.25. The van der Waals surface area contributed by atoms with E-state index in [0.29, 0.717) is 11.7 Å². The molecule has 2 atom stereocenters. The summed E-state index contributed by atoms with van der Waals surface area (Å²) < 4.78 is 5.18. The second-order valence-electron chi connectivity index (χ2n) is 3.84. The fourth-order valence-corrected chi connectivity index (χ4v) is 1.26. The highest BCUT2D eigenvalue weighted by Crippen LogP contribution is 2.20. The number of nitrogens with two attached hydrogens (primary N) is 1. The second-order valence-corrected chi connectivity index (χ2v) is 3.84. The zero-order valence-corrected chi connectivity index (χ0v) is 9.29. The molecule has 2 N–H and O–H groups in total. The second kappa shape index (κ2) is 4.40.